The number of carbonyl (C=O) groups excluding carboxylic acids is 4. The fourth-order valence-corrected chi connectivity index (χ4v) is 3.09. The highest BCUT2D eigenvalue weighted by molar-refractivity contribution is 5.93. The average molecular weight is 413 g/mol. The largest absolute Gasteiger partial charge is 0.480 e. The van der Waals surface area contributed by atoms with E-state index >= 15 is 0 Å². The van der Waals surface area contributed by atoms with Crippen molar-refractivity contribution in [2.75, 3.05) is 13.1 Å². The van der Waals surface area contributed by atoms with Crippen molar-refractivity contribution in [1.29, 1.82) is 0 Å². The number of aliphatic carboxylic acids is 1. The van der Waals surface area contributed by atoms with E-state index in [1.165, 1.54) is 4.90 Å². The van der Waals surface area contributed by atoms with Crippen LogP contribution in [0, 0.1) is 5.92 Å². The third kappa shape index (κ3) is 7.33. The molecule has 0 bridgehead atoms. The van der Waals surface area contributed by atoms with Gasteiger partial charge in [-0.1, -0.05) is 20.3 Å². The standard InChI is InChI=1S/C18H31N5O6/c1-3-10(2)15(18(28)29)22-17(27)12-5-4-8-23(12)14(25)9-21-16(26)11(19)6-7-13(20)24/h10-12,15H,3-9,19H2,1-2H3,(H2,20,24)(H,21,26)(H,22,27)(H,28,29). The molecule has 0 aliphatic carbocycles. The molecule has 1 rings (SSSR count). The Hall–Kier alpha value is -2.69. The smallest absolute Gasteiger partial charge is 0.326 e. The zero-order chi connectivity index (χ0) is 22.1. The molecule has 1 heterocycles. The van der Waals surface area contributed by atoms with Crippen LogP contribution in [0.25, 0.3) is 0 Å². The van der Waals surface area contributed by atoms with Crippen LogP contribution in [0.15, 0.2) is 0 Å². The molecule has 164 valence electrons. The SMILES string of the molecule is CCC(C)C(NC(=O)C1CCCN1C(=O)CNC(=O)C(N)CCC(N)=O)C(=O)O. The van der Waals surface area contributed by atoms with Crippen molar-refractivity contribution in [2.24, 2.45) is 17.4 Å². The number of carbonyl (C=O) groups is 5. The summed E-state index contributed by atoms with van der Waals surface area (Å²) in [7, 11) is 0. The molecule has 1 saturated heterocycles. The molecule has 29 heavy (non-hydrogen) atoms. The first-order chi connectivity index (χ1) is 13.6. The summed E-state index contributed by atoms with van der Waals surface area (Å²) in [4.78, 5) is 60.4. The molecule has 1 fully saturated rings. The molecular formula is C18H31N5O6. The second kappa shape index (κ2) is 11.3. The first-order valence-corrected chi connectivity index (χ1v) is 9.72. The molecule has 0 saturated carbocycles. The number of carboxylic acid groups (broad SMARTS) is 1. The lowest BCUT2D eigenvalue weighted by Gasteiger charge is -2.27. The lowest BCUT2D eigenvalue weighted by Crippen LogP contribution is -2.54. The van der Waals surface area contributed by atoms with Gasteiger partial charge in [0.1, 0.15) is 12.1 Å². The van der Waals surface area contributed by atoms with Crippen molar-refractivity contribution < 1.29 is 29.1 Å². The quantitative estimate of drug-likeness (QED) is 0.267. The Balaban J connectivity index is 2.62. The molecule has 0 spiro atoms. The number of rotatable bonds is 11. The Morgan fingerprint density at radius 3 is 2.45 bits per heavy atom. The monoisotopic (exact) mass is 413 g/mol. The average Bonchev–Trinajstić information content (AvgIpc) is 3.16. The topological polar surface area (TPSA) is 185 Å². The van der Waals surface area contributed by atoms with Crippen LogP contribution in [0.5, 0.6) is 0 Å². The van der Waals surface area contributed by atoms with Crippen LogP contribution in [-0.2, 0) is 24.0 Å². The summed E-state index contributed by atoms with van der Waals surface area (Å²) >= 11 is 0. The predicted octanol–water partition coefficient (Wildman–Crippen LogP) is -1.70. The second-order valence-electron chi connectivity index (χ2n) is 7.28. The zero-order valence-corrected chi connectivity index (χ0v) is 16.8. The molecule has 11 heteroatoms. The Bertz CT molecular complexity index is 640. The maximum atomic E-state index is 12.6. The van der Waals surface area contributed by atoms with E-state index in [0.29, 0.717) is 25.8 Å². The summed E-state index contributed by atoms with van der Waals surface area (Å²) < 4.78 is 0. The van der Waals surface area contributed by atoms with Crippen LogP contribution in [0.3, 0.4) is 0 Å². The van der Waals surface area contributed by atoms with E-state index in [4.69, 9.17) is 11.5 Å². The number of carboxylic acids is 1. The summed E-state index contributed by atoms with van der Waals surface area (Å²) in [6, 6.07) is -2.79. The van der Waals surface area contributed by atoms with Gasteiger partial charge in [-0.15, -0.1) is 0 Å². The molecule has 11 nitrogen and oxygen atoms in total. The Morgan fingerprint density at radius 1 is 1.24 bits per heavy atom. The Kier molecular flexibility index (Phi) is 9.53. The number of nitrogens with two attached hydrogens (primary N) is 2. The Labute approximate surface area is 169 Å². The first-order valence-electron chi connectivity index (χ1n) is 9.72. The maximum absolute atomic E-state index is 12.6. The van der Waals surface area contributed by atoms with Crippen LogP contribution in [0.2, 0.25) is 0 Å². The fraction of sp³-hybridized carbons (Fsp3) is 0.722. The van der Waals surface area contributed by atoms with Crippen LogP contribution >= 0.6 is 0 Å². The van der Waals surface area contributed by atoms with Gasteiger partial charge in [-0.2, -0.15) is 0 Å². The summed E-state index contributed by atoms with van der Waals surface area (Å²) in [6.07, 6.45) is 1.61. The molecule has 0 aromatic rings. The van der Waals surface area contributed by atoms with E-state index < -0.39 is 47.7 Å². The number of nitrogens with one attached hydrogen (secondary N) is 2. The third-order valence-electron chi connectivity index (χ3n) is 5.10. The van der Waals surface area contributed by atoms with Gasteiger partial charge in [-0.3, -0.25) is 19.2 Å². The molecular weight excluding hydrogens is 382 g/mol. The van der Waals surface area contributed by atoms with Gasteiger partial charge in [0, 0.05) is 13.0 Å². The van der Waals surface area contributed by atoms with Crippen molar-refractivity contribution >= 4 is 29.6 Å². The van der Waals surface area contributed by atoms with Gasteiger partial charge in [0.15, 0.2) is 0 Å². The second-order valence-corrected chi connectivity index (χ2v) is 7.28. The van der Waals surface area contributed by atoms with Crippen molar-refractivity contribution in [3.63, 3.8) is 0 Å². The number of hydrogen-bond donors (Lipinski definition) is 5. The van der Waals surface area contributed by atoms with Crippen molar-refractivity contribution in [3.05, 3.63) is 0 Å². The first kappa shape index (κ1) is 24.3. The summed E-state index contributed by atoms with van der Waals surface area (Å²) in [5.74, 6) is -3.54. The molecule has 4 amide bonds. The minimum Gasteiger partial charge on any atom is -0.480 e. The highest BCUT2D eigenvalue weighted by Gasteiger charge is 2.36. The van der Waals surface area contributed by atoms with E-state index in [1.807, 2.05) is 6.92 Å². The van der Waals surface area contributed by atoms with Crippen LogP contribution < -0.4 is 22.1 Å². The third-order valence-corrected chi connectivity index (χ3v) is 5.10. The van der Waals surface area contributed by atoms with Crippen LogP contribution in [0.4, 0.5) is 0 Å². The van der Waals surface area contributed by atoms with E-state index in [0.717, 1.165) is 0 Å². The molecule has 0 aromatic carbocycles. The van der Waals surface area contributed by atoms with Gasteiger partial charge in [0.25, 0.3) is 0 Å². The van der Waals surface area contributed by atoms with Crippen LogP contribution in [-0.4, -0.2) is 70.8 Å². The minimum absolute atomic E-state index is 0.0438. The van der Waals surface area contributed by atoms with Gasteiger partial charge in [-0.25, -0.2) is 4.79 Å². The highest BCUT2D eigenvalue weighted by atomic mass is 16.4. The molecule has 1 aliphatic rings. The normalized spacial score (nSPS) is 19.1. The number of amides is 4. The molecule has 0 aromatic heterocycles. The summed E-state index contributed by atoms with van der Waals surface area (Å²) in [6.45, 7) is 3.55. The van der Waals surface area contributed by atoms with E-state index in [2.05, 4.69) is 10.6 Å². The zero-order valence-electron chi connectivity index (χ0n) is 16.8. The lowest BCUT2D eigenvalue weighted by atomic mass is 9.99. The van der Waals surface area contributed by atoms with Crippen molar-refractivity contribution in [3.8, 4) is 0 Å². The number of nitrogens with zero attached hydrogens (tertiary/aromatic N) is 1. The van der Waals surface area contributed by atoms with E-state index in [9.17, 15) is 29.1 Å². The number of primary amides is 1. The Morgan fingerprint density at radius 2 is 1.90 bits per heavy atom. The van der Waals surface area contributed by atoms with E-state index in [-0.39, 0.29) is 25.3 Å². The van der Waals surface area contributed by atoms with Gasteiger partial charge >= 0.3 is 5.97 Å². The van der Waals surface area contributed by atoms with E-state index in [1.54, 1.807) is 6.92 Å². The van der Waals surface area contributed by atoms with Gasteiger partial charge in [0.05, 0.1) is 12.6 Å². The van der Waals surface area contributed by atoms with Gasteiger partial charge in [0.2, 0.25) is 23.6 Å². The van der Waals surface area contributed by atoms with Crippen molar-refractivity contribution in [1.82, 2.24) is 15.5 Å². The minimum atomic E-state index is -1.12. The highest BCUT2D eigenvalue weighted by Crippen LogP contribution is 2.18. The number of likely N-dealkylation sites (tertiary alicyclic amines) is 1. The molecule has 4 unspecified atom stereocenters. The summed E-state index contributed by atoms with van der Waals surface area (Å²) in [5.41, 5.74) is 10.6. The predicted molar refractivity (Wildman–Crippen MR) is 103 cm³/mol. The lowest BCUT2D eigenvalue weighted by molar-refractivity contribution is -0.145. The molecule has 7 N–H and O–H groups in total. The molecule has 4 atom stereocenters. The van der Waals surface area contributed by atoms with Crippen molar-refractivity contribution in [2.45, 2.75) is 64.1 Å². The number of hydrogen-bond acceptors (Lipinski definition) is 6. The molecule has 0 radical (unpaired) electrons. The fourth-order valence-electron chi connectivity index (χ4n) is 3.09. The summed E-state index contributed by atoms with van der Waals surface area (Å²) in [5, 5.41) is 14.2. The van der Waals surface area contributed by atoms with Gasteiger partial charge in [-0.05, 0) is 25.2 Å². The maximum Gasteiger partial charge on any atom is 0.326 e. The van der Waals surface area contributed by atoms with Gasteiger partial charge < -0.3 is 32.1 Å². The molecule has 1 aliphatic heterocycles. The van der Waals surface area contributed by atoms with Crippen LogP contribution in [0.1, 0.15) is 46.0 Å².